The Hall–Kier alpha value is -2.09. The van der Waals surface area contributed by atoms with Gasteiger partial charge >= 0.3 is 0 Å². The molecule has 2 aromatic heterocycles. The van der Waals surface area contributed by atoms with Crippen LogP contribution in [0.4, 0.5) is 4.39 Å². The lowest BCUT2D eigenvalue weighted by atomic mass is 10.3. The second-order valence-corrected chi connectivity index (χ2v) is 7.84. The van der Waals surface area contributed by atoms with Gasteiger partial charge < -0.3 is 0 Å². The Morgan fingerprint density at radius 3 is 2.50 bits per heavy atom. The maximum absolute atomic E-state index is 14.0. The molecule has 7 heteroatoms. The van der Waals surface area contributed by atoms with Crippen molar-refractivity contribution in [3.63, 3.8) is 0 Å². The van der Waals surface area contributed by atoms with E-state index in [1.165, 1.54) is 33.8 Å². The molecule has 0 spiro atoms. The first-order chi connectivity index (χ1) is 11.6. The summed E-state index contributed by atoms with van der Waals surface area (Å²) in [7, 11) is -3.98. The molecule has 124 valence electrons. The number of pyridine rings is 1. The third-order valence-corrected chi connectivity index (χ3v) is 6.01. The van der Waals surface area contributed by atoms with Crippen LogP contribution in [0.5, 0.6) is 0 Å². The Kier molecular flexibility index (Phi) is 5.03. The molecule has 0 radical (unpaired) electrons. The van der Waals surface area contributed by atoms with Gasteiger partial charge in [0, 0.05) is 12.7 Å². The van der Waals surface area contributed by atoms with E-state index in [4.69, 9.17) is 0 Å². The average Bonchev–Trinajstić information content (AvgIpc) is 3.08. The third-order valence-electron chi connectivity index (χ3n) is 3.46. The van der Waals surface area contributed by atoms with Crippen molar-refractivity contribution in [2.75, 3.05) is 0 Å². The zero-order chi connectivity index (χ0) is 17.0. The molecule has 0 N–H and O–H groups in total. The van der Waals surface area contributed by atoms with Crippen molar-refractivity contribution in [2.24, 2.45) is 0 Å². The monoisotopic (exact) mass is 362 g/mol. The number of halogens is 1. The Bertz CT molecular complexity index is 897. The SMILES string of the molecule is O=S(=O)(c1ccccc1F)N(Cc1ccsc1)Cc1ccccn1. The third kappa shape index (κ3) is 3.69. The van der Waals surface area contributed by atoms with Crippen LogP contribution in [-0.2, 0) is 23.1 Å². The zero-order valence-electron chi connectivity index (χ0n) is 12.7. The first kappa shape index (κ1) is 16.8. The van der Waals surface area contributed by atoms with E-state index < -0.39 is 15.8 Å². The van der Waals surface area contributed by atoms with E-state index in [9.17, 15) is 12.8 Å². The normalized spacial score (nSPS) is 11.8. The van der Waals surface area contributed by atoms with E-state index in [-0.39, 0.29) is 18.0 Å². The van der Waals surface area contributed by atoms with Crippen LogP contribution in [0.25, 0.3) is 0 Å². The lowest BCUT2D eigenvalue weighted by molar-refractivity contribution is 0.394. The predicted molar refractivity (Wildman–Crippen MR) is 91.4 cm³/mol. The smallest absolute Gasteiger partial charge is 0.246 e. The molecule has 0 aliphatic carbocycles. The topological polar surface area (TPSA) is 50.3 Å². The molecule has 2 heterocycles. The van der Waals surface area contributed by atoms with Crippen LogP contribution in [0.2, 0.25) is 0 Å². The van der Waals surface area contributed by atoms with E-state index in [0.717, 1.165) is 11.6 Å². The van der Waals surface area contributed by atoms with Gasteiger partial charge in [-0.25, -0.2) is 12.8 Å². The Morgan fingerprint density at radius 2 is 1.83 bits per heavy atom. The molecule has 0 aliphatic rings. The second kappa shape index (κ2) is 7.21. The van der Waals surface area contributed by atoms with Crippen LogP contribution in [-0.4, -0.2) is 17.7 Å². The van der Waals surface area contributed by atoms with Crippen molar-refractivity contribution in [3.05, 3.63) is 82.6 Å². The first-order valence-electron chi connectivity index (χ1n) is 7.23. The van der Waals surface area contributed by atoms with Crippen molar-refractivity contribution in [3.8, 4) is 0 Å². The van der Waals surface area contributed by atoms with Crippen molar-refractivity contribution in [1.82, 2.24) is 9.29 Å². The molecule has 0 atom stereocenters. The van der Waals surface area contributed by atoms with E-state index in [1.807, 2.05) is 16.8 Å². The van der Waals surface area contributed by atoms with E-state index in [1.54, 1.807) is 24.4 Å². The van der Waals surface area contributed by atoms with E-state index in [0.29, 0.717) is 5.69 Å². The molecule has 0 fully saturated rings. The standard InChI is InChI=1S/C17H15FN2O2S2/c18-16-6-1-2-7-17(16)24(21,22)20(11-14-8-10-23-13-14)12-15-5-3-4-9-19-15/h1-10,13H,11-12H2. The predicted octanol–water partition coefficient (Wildman–Crippen LogP) is 3.67. The highest BCUT2D eigenvalue weighted by Gasteiger charge is 2.28. The Morgan fingerprint density at radius 1 is 1.04 bits per heavy atom. The van der Waals surface area contributed by atoms with Gasteiger partial charge in [-0.15, -0.1) is 0 Å². The second-order valence-electron chi connectivity index (χ2n) is 5.16. The lowest BCUT2D eigenvalue weighted by Gasteiger charge is -2.22. The van der Waals surface area contributed by atoms with Crippen LogP contribution in [0, 0.1) is 5.82 Å². The fourth-order valence-corrected chi connectivity index (χ4v) is 4.40. The highest BCUT2D eigenvalue weighted by molar-refractivity contribution is 7.89. The summed E-state index contributed by atoms with van der Waals surface area (Å²) in [5.74, 6) is -0.756. The summed E-state index contributed by atoms with van der Waals surface area (Å²) in [6.07, 6.45) is 1.60. The largest absolute Gasteiger partial charge is 0.260 e. The van der Waals surface area contributed by atoms with Crippen molar-refractivity contribution < 1.29 is 12.8 Å². The maximum Gasteiger partial charge on any atom is 0.246 e. The van der Waals surface area contributed by atoms with Gasteiger partial charge in [0.25, 0.3) is 0 Å². The number of hydrogen-bond acceptors (Lipinski definition) is 4. The van der Waals surface area contributed by atoms with Gasteiger partial charge in [0.15, 0.2) is 0 Å². The zero-order valence-corrected chi connectivity index (χ0v) is 14.3. The van der Waals surface area contributed by atoms with Crippen molar-refractivity contribution in [2.45, 2.75) is 18.0 Å². The van der Waals surface area contributed by atoms with E-state index in [2.05, 4.69) is 4.98 Å². The quantitative estimate of drug-likeness (QED) is 0.672. The van der Waals surface area contributed by atoms with Gasteiger partial charge in [-0.3, -0.25) is 4.98 Å². The number of nitrogens with zero attached hydrogens (tertiary/aromatic N) is 2. The molecule has 4 nitrogen and oxygen atoms in total. The Balaban J connectivity index is 1.98. The van der Waals surface area contributed by atoms with Gasteiger partial charge in [0.1, 0.15) is 10.7 Å². The van der Waals surface area contributed by atoms with Crippen LogP contribution in [0.1, 0.15) is 11.3 Å². The summed E-state index contributed by atoms with van der Waals surface area (Å²) in [6, 6.07) is 12.6. The summed E-state index contributed by atoms with van der Waals surface area (Å²) in [5.41, 5.74) is 1.46. The number of hydrogen-bond donors (Lipinski definition) is 0. The molecule has 24 heavy (non-hydrogen) atoms. The molecule has 0 unspecified atom stereocenters. The number of thiophene rings is 1. The van der Waals surface area contributed by atoms with Gasteiger partial charge in [0.2, 0.25) is 10.0 Å². The van der Waals surface area contributed by atoms with Gasteiger partial charge in [-0.2, -0.15) is 15.6 Å². The minimum Gasteiger partial charge on any atom is -0.260 e. The molecular weight excluding hydrogens is 347 g/mol. The van der Waals surface area contributed by atoms with Crippen LogP contribution in [0.3, 0.4) is 0 Å². The van der Waals surface area contributed by atoms with Crippen LogP contribution >= 0.6 is 11.3 Å². The van der Waals surface area contributed by atoms with Gasteiger partial charge in [-0.1, -0.05) is 18.2 Å². The molecule has 0 bridgehead atoms. The minimum atomic E-state index is -3.98. The van der Waals surface area contributed by atoms with E-state index >= 15 is 0 Å². The minimum absolute atomic E-state index is 0.0767. The summed E-state index contributed by atoms with van der Waals surface area (Å²) in [6.45, 7) is 0.240. The summed E-state index contributed by atoms with van der Waals surface area (Å²) < 4.78 is 41.2. The first-order valence-corrected chi connectivity index (χ1v) is 9.61. The van der Waals surface area contributed by atoms with Crippen LogP contribution < -0.4 is 0 Å². The van der Waals surface area contributed by atoms with Crippen molar-refractivity contribution >= 4 is 21.4 Å². The number of aromatic nitrogens is 1. The summed E-state index contributed by atoms with van der Waals surface area (Å²) in [5, 5.41) is 3.76. The number of benzene rings is 1. The molecule has 3 rings (SSSR count). The van der Waals surface area contributed by atoms with Crippen LogP contribution in [0.15, 0.2) is 70.4 Å². The number of rotatable bonds is 6. The fraction of sp³-hybridized carbons (Fsp3) is 0.118. The average molecular weight is 362 g/mol. The lowest BCUT2D eigenvalue weighted by Crippen LogP contribution is -2.31. The van der Waals surface area contributed by atoms with Crippen molar-refractivity contribution in [1.29, 1.82) is 0 Å². The Labute approximate surface area is 144 Å². The molecule has 0 amide bonds. The maximum atomic E-state index is 14.0. The molecule has 3 aromatic rings. The summed E-state index contributed by atoms with van der Waals surface area (Å²) in [4.78, 5) is 3.86. The van der Waals surface area contributed by atoms with Gasteiger partial charge in [0.05, 0.1) is 12.2 Å². The molecule has 0 saturated carbocycles. The highest BCUT2D eigenvalue weighted by Crippen LogP contribution is 2.23. The molecule has 0 saturated heterocycles. The summed E-state index contributed by atoms with van der Waals surface area (Å²) >= 11 is 1.49. The van der Waals surface area contributed by atoms with Gasteiger partial charge in [-0.05, 0) is 46.7 Å². The fourth-order valence-electron chi connectivity index (χ4n) is 2.28. The molecular formula is C17H15FN2O2S2. The molecule has 1 aromatic carbocycles. The highest BCUT2D eigenvalue weighted by atomic mass is 32.2. The number of sulfonamides is 1. The molecule has 0 aliphatic heterocycles.